The van der Waals surface area contributed by atoms with Crippen LogP contribution in [-0.4, -0.2) is 15.9 Å². The number of aromatic amines is 1. The predicted octanol–water partition coefficient (Wildman–Crippen LogP) is 3.61. The van der Waals surface area contributed by atoms with Crippen molar-refractivity contribution in [2.24, 2.45) is 0 Å². The molecule has 124 valence electrons. The van der Waals surface area contributed by atoms with Crippen LogP contribution in [0.3, 0.4) is 0 Å². The number of nitrogens with one attached hydrogen (secondary N) is 1. The molecule has 0 spiro atoms. The van der Waals surface area contributed by atoms with Crippen molar-refractivity contribution >= 4 is 28.2 Å². The van der Waals surface area contributed by atoms with E-state index in [0.29, 0.717) is 23.1 Å². The Balaban J connectivity index is 1.60. The average Bonchev–Trinajstić information content (AvgIpc) is 3.08. The first-order valence-corrected chi connectivity index (χ1v) is 8.72. The van der Waals surface area contributed by atoms with Gasteiger partial charge in [0.05, 0.1) is 10.9 Å². The standard InChI is InChI=1S/C18H18N2O3S/c1-12(23-16(21)10-4-6-13-7-5-11-24-13)17-19-15-9-3-2-8-14(15)18(22)20-17/h2-3,5,7-9,11-12H,4,6,10H2,1H3,(H,19,20,22). The van der Waals surface area contributed by atoms with Gasteiger partial charge in [0.1, 0.15) is 0 Å². The third kappa shape index (κ3) is 3.89. The van der Waals surface area contributed by atoms with Crippen molar-refractivity contribution in [2.45, 2.75) is 32.3 Å². The molecule has 6 heteroatoms. The molecule has 0 radical (unpaired) electrons. The van der Waals surface area contributed by atoms with Gasteiger partial charge in [0.2, 0.25) is 0 Å². The summed E-state index contributed by atoms with van der Waals surface area (Å²) in [4.78, 5) is 32.4. The molecule has 1 atom stereocenters. The highest BCUT2D eigenvalue weighted by Crippen LogP contribution is 2.16. The minimum absolute atomic E-state index is 0.226. The summed E-state index contributed by atoms with van der Waals surface area (Å²) >= 11 is 1.69. The van der Waals surface area contributed by atoms with Gasteiger partial charge in [0.15, 0.2) is 11.9 Å². The quantitative estimate of drug-likeness (QED) is 0.695. The molecule has 0 aliphatic carbocycles. The average molecular weight is 342 g/mol. The second-order valence-corrected chi connectivity index (χ2v) is 6.57. The minimum atomic E-state index is -0.587. The zero-order chi connectivity index (χ0) is 16.9. The number of carbonyl (C=O) groups excluding carboxylic acids is 1. The Hall–Kier alpha value is -2.47. The van der Waals surface area contributed by atoms with Crippen LogP contribution in [0.5, 0.6) is 0 Å². The molecule has 5 nitrogen and oxygen atoms in total. The van der Waals surface area contributed by atoms with Crippen LogP contribution >= 0.6 is 11.3 Å². The van der Waals surface area contributed by atoms with Crippen LogP contribution < -0.4 is 5.56 Å². The smallest absolute Gasteiger partial charge is 0.306 e. The summed E-state index contributed by atoms with van der Waals surface area (Å²) in [6.07, 6.45) is 1.37. The van der Waals surface area contributed by atoms with Gasteiger partial charge < -0.3 is 9.72 Å². The van der Waals surface area contributed by atoms with Crippen LogP contribution in [0.25, 0.3) is 10.9 Å². The van der Waals surface area contributed by atoms with Crippen molar-refractivity contribution in [3.05, 3.63) is 62.8 Å². The van der Waals surface area contributed by atoms with E-state index in [1.165, 1.54) is 4.88 Å². The van der Waals surface area contributed by atoms with Crippen LogP contribution in [0.2, 0.25) is 0 Å². The van der Waals surface area contributed by atoms with Gasteiger partial charge in [0, 0.05) is 11.3 Å². The highest BCUT2D eigenvalue weighted by atomic mass is 32.1. The molecule has 3 aromatic rings. The largest absolute Gasteiger partial charge is 0.454 e. The number of para-hydroxylation sites is 1. The van der Waals surface area contributed by atoms with Crippen LogP contribution in [0.4, 0.5) is 0 Å². The SMILES string of the molecule is CC(OC(=O)CCCc1cccs1)c1nc2ccccc2c(=O)[nH]1. The van der Waals surface area contributed by atoms with Crippen molar-refractivity contribution in [1.29, 1.82) is 0 Å². The summed E-state index contributed by atoms with van der Waals surface area (Å²) in [7, 11) is 0. The fourth-order valence-electron chi connectivity index (χ4n) is 2.47. The summed E-state index contributed by atoms with van der Waals surface area (Å²) in [6.45, 7) is 1.71. The fourth-order valence-corrected chi connectivity index (χ4v) is 3.22. The van der Waals surface area contributed by atoms with Gasteiger partial charge in [-0.05, 0) is 43.3 Å². The second-order valence-electron chi connectivity index (χ2n) is 5.53. The Bertz CT molecular complexity index is 887. The summed E-state index contributed by atoms with van der Waals surface area (Å²) in [5, 5.41) is 2.55. The maximum absolute atomic E-state index is 12.1. The molecule has 1 N–H and O–H groups in total. The van der Waals surface area contributed by atoms with E-state index in [2.05, 4.69) is 16.0 Å². The molecule has 2 heterocycles. The summed E-state index contributed by atoms with van der Waals surface area (Å²) in [6, 6.07) is 11.1. The van der Waals surface area contributed by atoms with Crippen molar-refractivity contribution < 1.29 is 9.53 Å². The van der Waals surface area contributed by atoms with Crippen LogP contribution in [0.15, 0.2) is 46.6 Å². The molecule has 1 aromatic carbocycles. The Kier molecular flexibility index (Phi) is 5.05. The van der Waals surface area contributed by atoms with E-state index in [1.807, 2.05) is 17.5 Å². The number of fused-ring (bicyclic) bond motifs is 1. The normalized spacial score (nSPS) is 12.2. The lowest BCUT2D eigenvalue weighted by Crippen LogP contribution is -2.17. The lowest BCUT2D eigenvalue weighted by atomic mass is 10.2. The number of thiophene rings is 1. The fraction of sp³-hybridized carbons (Fsp3) is 0.278. The molecule has 0 aliphatic rings. The Morgan fingerprint density at radius 3 is 2.92 bits per heavy atom. The summed E-state index contributed by atoms with van der Waals surface area (Å²) in [5.41, 5.74) is 0.369. The Morgan fingerprint density at radius 2 is 2.12 bits per heavy atom. The number of H-pyrrole nitrogens is 1. The van der Waals surface area contributed by atoms with E-state index in [9.17, 15) is 9.59 Å². The van der Waals surface area contributed by atoms with Crippen molar-refractivity contribution in [3.63, 3.8) is 0 Å². The molecule has 3 rings (SSSR count). The van der Waals surface area contributed by atoms with Gasteiger partial charge >= 0.3 is 5.97 Å². The lowest BCUT2D eigenvalue weighted by Gasteiger charge is -2.13. The van der Waals surface area contributed by atoms with E-state index >= 15 is 0 Å². The van der Waals surface area contributed by atoms with Crippen molar-refractivity contribution in [1.82, 2.24) is 9.97 Å². The third-order valence-corrected chi connectivity index (χ3v) is 4.64. The predicted molar refractivity (Wildman–Crippen MR) is 94.1 cm³/mol. The second kappa shape index (κ2) is 7.40. The summed E-state index contributed by atoms with van der Waals surface area (Å²) < 4.78 is 5.39. The minimum Gasteiger partial charge on any atom is -0.454 e. The maximum Gasteiger partial charge on any atom is 0.306 e. The molecular weight excluding hydrogens is 324 g/mol. The molecule has 0 aliphatic heterocycles. The summed E-state index contributed by atoms with van der Waals surface area (Å²) in [5.74, 6) is 0.0835. The molecule has 0 bridgehead atoms. The number of ether oxygens (including phenoxy) is 1. The Labute approximate surface area is 143 Å². The number of rotatable bonds is 6. The van der Waals surface area contributed by atoms with Gasteiger partial charge in [-0.3, -0.25) is 9.59 Å². The highest BCUT2D eigenvalue weighted by Gasteiger charge is 2.15. The number of benzene rings is 1. The first kappa shape index (κ1) is 16.4. The molecule has 0 fully saturated rings. The van der Waals surface area contributed by atoms with Gasteiger partial charge in [-0.25, -0.2) is 4.98 Å². The maximum atomic E-state index is 12.1. The number of hydrogen-bond acceptors (Lipinski definition) is 5. The third-order valence-electron chi connectivity index (χ3n) is 3.71. The highest BCUT2D eigenvalue weighted by molar-refractivity contribution is 7.09. The van der Waals surface area contributed by atoms with Gasteiger partial charge in [0.25, 0.3) is 5.56 Å². The van der Waals surface area contributed by atoms with Crippen LogP contribution in [0, 0.1) is 0 Å². The lowest BCUT2D eigenvalue weighted by molar-refractivity contribution is -0.149. The zero-order valence-electron chi connectivity index (χ0n) is 13.3. The molecule has 0 saturated carbocycles. The van der Waals surface area contributed by atoms with Crippen LogP contribution in [0.1, 0.15) is 36.6 Å². The van der Waals surface area contributed by atoms with Crippen molar-refractivity contribution in [2.75, 3.05) is 0 Å². The molecule has 2 aromatic heterocycles. The van der Waals surface area contributed by atoms with E-state index in [4.69, 9.17) is 4.74 Å². The number of hydrogen-bond donors (Lipinski definition) is 1. The number of carbonyl (C=O) groups is 1. The Morgan fingerprint density at radius 1 is 1.29 bits per heavy atom. The van der Waals surface area contributed by atoms with Crippen molar-refractivity contribution in [3.8, 4) is 0 Å². The monoisotopic (exact) mass is 342 g/mol. The van der Waals surface area contributed by atoms with Crippen LogP contribution in [-0.2, 0) is 16.0 Å². The molecule has 0 amide bonds. The molecule has 24 heavy (non-hydrogen) atoms. The van der Waals surface area contributed by atoms with E-state index in [1.54, 1.807) is 36.5 Å². The first-order chi connectivity index (χ1) is 11.6. The first-order valence-electron chi connectivity index (χ1n) is 7.84. The number of esters is 1. The van der Waals surface area contributed by atoms with E-state index < -0.39 is 6.10 Å². The van der Waals surface area contributed by atoms with Gasteiger partial charge in [-0.15, -0.1) is 11.3 Å². The van der Waals surface area contributed by atoms with E-state index in [-0.39, 0.29) is 11.5 Å². The molecule has 0 saturated heterocycles. The number of aryl methyl sites for hydroxylation is 1. The number of aromatic nitrogens is 2. The zero-order valence-corrected chi connectivity index (χ0v) is 14.1. The molecular formula is C18H18N2O3S. The topological polar surface area (TPSA) is 72.0 Å². The van der Waals surface area contributed by atoms with Gasteiger partial charge in [-0.1, -0.05) is 18.2 Å². The van der Waals surface area contributed by atoms with Gasteiger partial charge in [-0.2, -0.15) is 0 Å². The van der Waals surface area contributed by atoms with E-state index in [0.717, 1.165) is 12.8 Å². The number of nitrogens with zero attached hydrogens (tertiary/aromatic N) is 1. The molecule has 1 unspecified atom stereocenters.